The maximum atomic E-state index is 12.9. The van der Waals surface area contributed by atoms with Crippen LogP contribution in [-0.4, -0.2) is 43.8 Å². The molecule has 4 heterocycles. The highest BCUT2D eigenvalue weighted by Gasteiger charge is 2.20. The van der Waals surface area contributed by atoms with E-state index in [2.05, 4.69) is 30.9 Å². The molecule has 13 nitrogen and oxygen atoms in total. The number of oxazole rings is 1. The van der Waals surface area contributed by atoms with Gasteiger partial charge >= 0.3 is 5.76 Å². The number of H-pyrrole nitrogens is 1. The molecule has 6 rings (SSSR count). The summed E-state index contributed by atoms with van der Waals surface area (Å²) >= 11 is 0. The first-order valence-electron chi connectivity index (χ1n) is 11.9. The van der Waals surface area contributed by atoms with Crippen molar-refractivity contribution < 1.29 is 23.5 Å². The Kier molecular flexibility index (Phi) is 5.79. The minimum atomic E-state index is -0.466. The number of anilines is 1. The number of rotatable bonds is 6. The summed E-state index contributed by atoms with van der Waals surface area (Å²) in [6.07, 6.45) is 2.69. The standard InChI is InChI=1S/C26H21N7O6/c1-33-17-4-2-14(7-19(17)39-26(33)37)9-28-24(35)15-10-27-22-21(15)30-12-31-23(22)25(36)29-8-13-3-5-18-16(6-13)32-20(34)11-38-18/h2-7,10,12,27H,8-9,11H2,1H3,(H,28,35)(H,29,36)(H,32,34). The molecule has 4 N–H and O–H groups in total. The third-order valence-corrected chi connectivity index (χ3v) is 6.36. The van der Waals surface area contributed by atoms with E-state index in [-0.39, 0.29) is 36.9 Å². The largest absolute Gasteiger partial charge is 0.482 e. The molecule has 0 saturated heterocycles. The first kappa shape index (κ1) is 23.9. The molecule has 3 amide bonds. The van der Waals surface area contributed by atoms with Gasteiger partial charge in [0.2, 0.25) is 0 Å². The van der Waals surface area contributed by atoms with Crippen LogP contribution in [0, 0.1) is 0 Å². The van der Waals surface area contributed by atoms with Crippen molar-refractivity contribution >= 4 is 45.5 Å². The SMILES string of the molecule is Cn1c(=O)oc2cc(CNC(=O)c3c[nH]c4c(C(=O)NCc5ccc6c(c5)NC(=O)CO6)ncnc34)ccc21. The van der Waals surface area contributed by atoms with Gasteiger partial charge in [-0.05, 0) is 35.4 Å². The van der Waals surface area contributed by atoms with Crippen molar-refractivity contribution in [2.75, 3.05) is 11.9 Å². The van der Waals surface area contributed by atoms with Gasteiger partial charge in [-0.1, -0.05) is 12.1 Å². The fraction of sp³-hybridized carbons (Fsp3) is 0.154. The van der Waals surface area contributed by atoms with E-state index < -0.39 is 17.6 Å². The van der Waals surface area contributed by atoms with Crippen LogP contribution in [0.3, 0.4) is 0 Å². The van der Waals surface area contributed by atoms with E-state index in [1.807, 2.05) is 0 Å². The van der Waals surface area contributed by atoms with E-state index in [1.165, 1.54) is 17.1 Å². The first-order valence-corrected chi connectivity index (χ1v) is 11.9. The summed E-state index contributed by atoms with van der Waals surface area (Å²) in [6, 6.07) is 10.5. The van der Waals surface area contributed by atoms with Crippen molar-refractivity contribution in [3.63, 3.8) is 0 Å². The number of nitrogens with zero attached hydrogens (tertiary/aromatic N) is 3. The van der Waals surface area contributed by atoms with E-state index >= 15 is 0 Å². The summed E-state index contributed by atoms with van der Waals surface area (Å²) in [5, 5.41) is 8.34. The molecule has 0 aliphatic carbocycles. The highest BCUT2D eigenvalue weighted by Crippen LogP contribution is 2.28. The third-order valence-electron chi connectivity index (χ3n) is 6.36. The van der Waals surface area contributed by atoms with Gasteiger partial charge in [-0.2, -0.15) is 0 Å². The molecule has 3 aromatic heterocycles. The van der Waals surface area contributed by atoms with Gasteiger partial charge in [0.05, 0.1) is 22.3 Å². The molecule has 0 radical (unpaired) electrons. The number of benzene rings is 2. The highest BCUT2D eigenvalue weighted by atomic mass is 16.5. The topological polar surface area (TPSA) is 173 Å². The van der Waals surface area contributed by atoms with Gasteiger partial charge in [0, 0.05) is 26.3 Å². The third kappa shape index (κ3) is 4.45. The number of hydrogen-bond donors (Lipinski definition) is 4. The number of carbonyl (C=O) groups excluding carboxylic acids is 3. The Morgan fingerprint density at radius 3 is 2.64 bits per heavy atom. The molecular weight excluding hydrogens is 506 g/mol. The molecule has 0 saturated carbocycles. The maximum absolute atomic E-state index is 12.9. The number of nitrogens with one attached hydrogen (secondary N) is 4. The van der Waals surface area contributed by atoms with Crippen molar-refractivity contribution in [1.82, 2.24) is 30.2 Å². The number of ether oxygens (including phenoxy) is 1. The molecule has 0 fully saturated rings. The van der Waals surface area contributed by atoms with Gasteiger partial charge in [-0.15, -0.1) is 0 Å². The van der Waals surface area contributed by atoms with E-state index in [0.717, 1.165) is 11.1 Å². The molecule has 0 atom stereocenters. The van der Waals surface area contributed by atoms with Gasteiger partial charge in [-0.3, -0.25) is 19.0 Å². The second kappa shape index (κ2) is 9.45. The predicted molar refractivity (Wildman–Crippen MR) is 138 cm³/mol. The maximum Gasteiger partial charge on any atom is 0.419 e. The van der Waals surface area contributed by atoms with Crippen LogP contribution in [0.2, 0.25) is 0 Å². The number of aromatic nitrogens is 4. The Labute approximate surface area is 219 Å². The Morgan fingerprint density at radius 1 is 1.03 bits per heavy atom. The molecular formula is C26H21N7O6. The Bertz CT molecular complexity index is 1850. The number of aryl methyl sites for hydroxylation is 1. The second-order valence-corrected chi connectivity index (χ2v) is 8.91. The summed E-state index contributed by atoms with van der Waals surface area (Å²) in [6.45, 7) is 0.323. The minimum absolute atomic E-state index is 0.0358. The molecule has 5 aromatic rings. The molecule has 0 unspecified atom stereocenters. The number of amides is 3. The number of carbonyl (C=O) groups is 3. The van der Waals surface area contributed by atoms with Crippen LogP contribution in [0.5, 0.6) is 5.75 Å². The van der Waals surface area contributed by atoms with Crippen LogP contribution >= 0.6 is 0 Å². The first-order chi connectivity index (χ1) is 18.9. The van der Waals surface area contributed by atoms with E-state index in [4.69, 9.17) is 9.15 Å². The zero-order valence-electron chi connectivity index (χ0n) is 20.5. The fourth-order valence-corrected chi connectivity index (χ4v) is 4.36. The number of aromatic amines is 1. The van der Waals surface area contributed by atoms with Gasteiger partial charge in [0.25, 0.3) is 17.7 Å². The summed E-state index contributed by atoms with van der Waals surface area (Å²) in [7, 11) is 1.62. The second-order valence-electron chi connectivity index (χ2n) is 8.91. The van der Waals surface area contributed by atoms with Crippen LogP contribution in [0.15, 0.2) is 58.1 Å². The Balaban J connectivity index is 1.15. The zero-order chi connectivity index (χ0) is 27.1. The molecule has 1 aliphatic rings. The summed E-state index contributed by atoms with van der Waals surface area (Å²) in [5.74, 6) is -1.02. The molecule has 39 heavy (non-hydrogen) atoms. The summed E-state index contributed by atoms with van der Waals surface area (Å²) < 4.78 is 12.0. The highest BCUT2D eigenvalue weighted by molar-refractivity contribution is 6.10. The van der Waals surface area contributed by atoms with E-state index in [9.17, 15) is 19.2 Å². The van der Waals surface area contributed by atoms with Crippen LogP contribution < -0.4 is 26.4 Å². The van der Waals surface area contributed by atoms with Crippen molar-refractivity contribution in [2.45, 2.75) is 13.1 Å². The predicted octanol–water partition coefficient (Wildman–Crippen LogP) is 1.59. The lowest BCUT2D eigenvalue weighted by atomic mass is 10.1. The molecule has 13 heteroatoms. The molecule has 0 spiro atoms. The summed E-state index contributed by atoms with van der Waals surface area (Å²) in [5.41, 5.74) is 4.06. The van der Waals surface area contributed by atoms with Gasteiger partial charge in [0.1, 0.15) is 17.6 Å². The van der Waals surface area contributed by atoms with Crippen LogP contribution in [0.25, 0.3) is 22.1 Å². The zero-order valence-corrected chi connectivity index (χ0v) is 20.5. The lowest BCUT2D eigenvalue weighted by Crippen LogP contribution is -2.26. The number of fused-ring (bicyclic) bond motifs is 3. The molecule has 1 aliphatic heterocycles. The van der Waals surface area contributed by atoms with Gasteiger partial charge in [-0.25, -0.2) is 14.8 Å². The minimum Gasteiger partial charge on any atom is -0.482 e. The molecule has 2 aromatic carbocycles. The van der Waals surface area contributed by atoms with E-state index in [0.29, 0.717) is 33.6 Å². The van der Waals surface area contributed by atoms with Crippen LogP contribution in [0.4, 0.5) is 5.69 Å². The average molecular weight is 527 g/mol. The van der Waals surface area contributed by atoms with Crippen molar-refractivity contribution in [1.29, 1.82) is 0 Å². The van der Waals surface area contributed by atoms with Crippen LogP contribution in [0.1, 0.15) is 32.0 Å². The smallest absolute Gasteiger partial charge is 0.419 e. The van der Waals surface area contributed by atoms with Crippen LogP contribution in [-0.2, 0) is 24.9 Å². The lowest BCUT2D eigenvalue weighted by Gasteiger charge is -2.18. The van der Waals surface area contributed by atoms with Gasteiger partial charge < -0.3 is 30.1 Å². The fourth-order valence-electron chi connectivity index (χ4n) is 4.36. The molecule has 0 bridgehead atoms. The average Bonchev–Trinajstić information content (AvgIpc) is 3.50. The monoisotopic (exact) mass is 527 g/mol. The van der Waals surface area contributed by atoms with Gasteiger partial charge in [0.15, 0.2) is 17.9 Å². The molecule has 196 valence electrons. The van der Waals surface area contributed by atoms with Crippen molar-refractivity contribution in [2.24, 2.45) is 7.05 Å². The normalized spacial score (nSPS) is 12.6. The van der Waals surface area contributed by atoms with Crippen molar-refractivity contribution in [3.8, 4) is 5.75 Å². The number of hydrogen-bond acceptors (Lipinski definition) is 8. The van der Waals surface area contributed by atoms with Crippen molar-refractivity contribution in [3.05, 3.63) is 81.9 Å². The Hall–Kier alpha value is -5.46. The lowest BCUT2D eigenvalue weighted by molar-refractivity contribution is -0.118. The van der Waals surface area contributed by atoms with E-state index in [1.54, 1.807) is 43.4 Å². The Morgan fingerprint density at radius 2 is 1.79 bits per heavy atom. The quantitative estimate of drug-likeness (QED) is 0.258. The summed E-state index contributed by atoms with van der Waals surface area (Å²) in [4.78, 5) is 60.4.